The molecule has 0 aromatic heterocycles. The van der Waals surface area contributed by atoms with E-state index in [1.165, 1.54) is 100 Å². The molecule has 0 saturated heterocycles. The number of nitrogens with zero attached hydrogens (tertiary/aromatic N) is 1. The minimum Gasteiger partial charge on any atom is -0.310 e. The molecule has 1 nitrogen and oxygen atoms in total. The first kappa shape index (κ1) is 40.5. The lowest BCUT2D eigenvalue weighted by Crippen LogP contribution is -2.16. The lowest BCUT2D eigenvalue weighted by Gasteiger charge is -2.29. The van der Waals surface area contributed by atoms with Crippen LogP contribution in [0.2, 0.25) is 0 Å². The molecular formula is C66H51N. The Morgan fingerprint density at radius 3 is 1.37 bits per heavy atom. The third kappa shape index (κ3) is 6.60. The number of anilines is 3. The molecule has 10 aromatic carbocycles. The monoisotopic (exact) mass is 857 g/mol. The van der Waals surface area contributed by atoms with Crippen LogP contribution in [0.5, 0.6) is 0 Å². The molecule has 0 N–H and O–H groups in total. The highest BCUT2D eigenvalue weighted by atomic mass is 15.1. The average Bonchev–Trinajstić information content (AvgIpc) is 3.76. The quantitative estimate of drug-likeness (QED) is 0.147. The standard InChI is InChI=1S/C66H51N/c1-65(2)60-31-16-13-27-54(60)56-40-36-47(42-62(56)65)52-25-15-18-33-63(52)67(49-39-41-51(44-20-7-5-8-21-44)59(43-49)45-22-9-6-10-23-45)48-37-34-46(35-38-48)50-24-11-12-26-53(50)57-29-19-30-58-55-28-14-17-32-61(55)66(3,4)64(57)58/h5-43H,1-4H3. The summed E-state index contributed by atoms with van der Waals surface area (Å²) in [7, 11) is 0. The van der Waals surface area contributed by atoms with E-state index in [0.717, 1.165) is 17.1 Å². The van der Waals surface area contributed by atoms with Crippen molar-refractivity contribution in [1.82, 2.24) is 0 Å². The lowest BCUT2D eigenvalue weighted by molar-refractivity contribution is 0.660. The van der Waals surface area contributed by atoms with Gasteiger partial charge in [-0.3, -0.25) is 0 Å². The SMILES string of the molecule is CC1(C)c2ccccc2-c2ccc(-c3ccccc3N(c3ccc(-c4ccccc4-c4cccc5c4C(C)(C)c4ccccc4-5)cc3)c3ccc(-c4ccccc4)c(-c4ccccc4)c3)cc21. The molecule has 320 valence electrons. The van der Waals surface area contributed by atoms with Gasteiger partial charge >= 0.3 is 0 Å². The molecule has 0 aliphatic heterocycles. The predicted octanol–water partition coefficient (Wildman–Crippen LogP) is 18.1. The minimum absolute atomic E-state index is 0.111. The summed E-state index contributed by atoms with van der Waals surface area (Å²) < 4.78 is 0. The summed E-state index contributed by atoms with van der Waals surface area (Å²) in [6.45, 7) is 9.49. The first-order chi connectivity index (χ1) is 32.8. The molecule has 1 heteroatoms. The van der Waals surface area contributed by atoms with Crippen LogP contribution in [-0.2, 0) is 10.8 Å². The lowest BCUT2D eigenvalue weighted by atomic mass is 9.78. The van der Waals surface area contributed by atoms with Crippen molar-refractivity contribution in [1.29, 1.82) is 0 Å². The molecule has 12 rings (SSSR count). The molecule has 0 heterocycles. The van der Waals surface area contributed by atoms with E-state index in [4.69, 9.17) is 0 Å². The van der Waals surface area contributed by atoms with Gasteiger partial charge in [0.1, 0.15) is 0 Å². The van der Waals surface area contributed by atoms with Crippen molar-refractivity contribution < 1.29 is 0 Å². The third-order valence-corrected chi connectivity index (χ3v) is 14.7. The van der Waals surface area contributed by atoms with E-state index in [9.17, 15) is 0 Å². The van der Waals surface area contributed by atoms with Gasteiger partial charge < -0.3 is 4.90 Å². The van der Waals surface area contributed by atoms with Crippen molar-refractivity contribution in [3.05, 3.63) is 259 Å². The van der Waals surface area contributed by atoms with Gasteiger partial charge in [0, 0.05) is 27.8 Å². The molecule has 2 aliphatic rings. The van der Waals surface area contributed by atoms with Crippen LogP contribution in [0.4, 0.5) is 17.1 Å². The smallest absolute Gasteiger partial charge is 0.0540 e. The highest BCUT2D eigenvalue weighted by molar-refractivity contribution is 5.96. The molecule has 0 amide bonds. The Balaban J connectivity index is 1.02. The summed E-state index contributed by atoms with van der Waals surface area (Å²) in [4.78, 5) is 2.46. The molecule has 0 bridgehead atoms. The second kappa shape index (κ2) is 15.9. The van der Waals surface area contributed by atoms with Gasteiger partial charge in [-0.2, -0.15) is 0 Å². The molecule has 0 fully saturated rings. The second-order valence-electron chi connectivity index (χ2n) is 19.2. The Hall–Kier alpha value is -8.00. The van der Waals surface area contributed by atoms with Crippen molar-refractivity contribution in [2.75, 3.05) is 4.90 Å². The zero-order valence-electron chi connectivity index (χ0n) is 38.5. The molecule has 2 aliphatic carbocycles. The number of para-hydroxylation sites is 1. The second-order valence-corrected chi connectivity index (χ2v) is 19.2. The van der Waals surface area contributed by atoms with E-state index in [0.29, 0.717) is 0 Å². The van der Waals surface area contributed by atoms with Gasteiger partial charge in [0.25, 0.3) is 0 Å². The topological polar surface area (TPSA) is 3.24 Å². The van der Waals surface area contributed by atoms with Crippen molar-refractivity contribution >= 4 is 17.1 Å². The normalized spacial score (nSPS) is 13.6. The van der Waals surface area contributed by atoms with Crippen molar-refractivity contribution in [3.8, 4) is 77.9 Å². The summed E-state index contributed by atoms with van der Waals surface area (Å²) >= 11 is 0. The molecular weight excluding hydrogens is 807 g/mol. The van der Waals surface area contributed by atoms with Gasteiger partial charge in [-0.1, -0.05) is 228 Å². The first-order valence-corrected chi connectivity index (χ1v) is 23.6. The van der Waals surface area contributed by atoms with Crippen LogP contribution in [0.15, 0.2) is 237 Å². The van der Waals surface area contributed by atoms with Gasteiger partial charge in [0.15, 0.2) is 0 Å². The number of hydrogen-bond donors (Lipinski definition) is 0. The van der Waals surface area contributed by atoms with Gasteiger partial charge in [0.2, 0.25) is 0 Å². The van der Waals surface area contributed by atoms with Crippen LogP contribution in [0.3, 0.4) is 0 Å². The first-order valence-electron chi connectivity index (χ1n) is 23.6. The molecule has 0 unspecified atom stereocenters. The number of benzene rings is 10. The van der Waals surface area contributed by atoms with E-state index in [2.05, 4.69) is 269 Å². The fourth-order valence-corrected chi connectivity index (χ4v) is 11.4. The van der Waals surface area contributed by atoms with E-state index >= 15 is 0 Å². The Kier molecular flexibility index (Phi) is 9.59. The summed E-state index contributed by atoms with van der Waals surface area (Å²) in [5.41, 5.74) is 26.1. The van der Waals surface area contributed by atoms with Crippen LogP contribution in [0.25, 0.3) is 77.9 Å². The average molecular weight is 858 g/mol. The van der Waals surface area contributed by atoms with Gasteiger partial charge in [-0.25, -0.2) is 0 Å². The molecule has 0 saturated carbocycles. The third-order valence-electron chi connectivity index (χ3n) is 14.7. The largest absolute Gasteiger partial charge is 0.310 e. The van der Waals surface area contributed by atoms with Gasteiger partial charge in [0.05, 0.1) is 5.69 Å². The fourth-order valence-electron chi connectivity index (χ4n) is 11.4. The fraction of sp³-hybridized carbons (Fsp3) is 0.0909. The molecule has 0 spiro atoms. The van der Waals surface area contributed by atoms with Gasteiger partial charge in [-0.05, 0) is 131 Å². The maximum Gasteiger partial charge on any atom is 0.0540 e. The number of rotatable bonds is 8. The minimum atomic E-state index is -0.124. The highest BCUT2D eigenvalue weighted by Crippen LogP contribution is 2.54. The molecule has 67 heavy (non-hydrogen) atoms. The Morgan fingerprint density at radius 2 is 0.687 bits per heavy atom. The van der Waals surface area contributed by atoms with Crippen molar-refractivity contribution in [2.24, 2.45) is 0 Å². The Morgan fingerprint density at radius 1 is 0.254 bits per heavy atom. The highest BCUT2D eigenvalue weighted by Gasteiger charge is 2.38. The van der Waals surface area contributed by atoms with E-state index < -0.39 is 0 Å². The molecule has 10 aromatic rings. The van der Waals surface area contributed by atoms with Crippen LogP contribution in [-0.4, -0.2) is 0 Å². The summed E-state index contributed by atoms with van der Waals surface area (Å²) in [6.07, 6.45) is 0. The van der Waals surface area contributed by atoms with Crippen LogP contribution in [0.1, 0.15) is 49.9 Å². The van der Waals surface area contributed by atoms with E-state index in [1.54, 1.807) is 0 Å². The summed E-state index contributed by atoms with van der Waals surface area (Å²) in [5, 5.41) is 0. The maximum absolute atomic E-state index is 2.46. The molecule has 0 atom stereocenters. The Labute approximate surface area is 395 Å². The predicted molar refractivity (Wildman–Crippen MR) is 283 cm³/mol. The van der Waals surface area contributed by atoms with E-state index in [1.807, 2.05) is 0 Å². The van der Waals surface area contributed by atoms with Crippen molar-refractivity contribution in [3.63, 3.8) is 0 Å². The van der Waals surface area contributed by atoms with Gasteiger partial charge in [-0.15, -0.1) is 0 Å². The van der Waals surface area contributed by atoms with Crippen molar-refractivity contribution in [2.45, 2.75) is 38.5 Å². The number of fused-ring (bicyclic) bond motifs is 6. The summed E-state index contributed by atoms with van der Waals surface area (Å²) in [6, 6.07) is 87.5. The van der Waals surface area contributed by atoms with Crippen LogP contribution < -0.4 is 4.90 Å². The zero-order chi connectivity index (χ0) is 45.3. The van der Waals surface area contributed by atoms with E-state index in [-0.39, 0.29) is 10.8 Å². The van der Waals surface area contributed by atoms with Crippen LogP contribution >= 0.6 is 0 Å². The molecule has 0 radical (unpaired) electrons. The maximum atomic E-state index is 2.46. The zero-order valence-corrected chi connectivity index (χ0v) is 38.5. The Bertz CT molecular complexity index is 3500. The summed E-state index contributed by atoms with van der Waals surface area (Å²) in [5.74, 6) is 0. The van der Waals surface area contributed by atoms with Crippen LogP contribution in [0, 0.1) is 0 Å². The number of hydrogen-bond acceptors (Lipinski definition) is 1.